The first kappa shape index (κ1) is 9.12. The SMILES string of the molecule is CC(F)(F)c1ccnn1CCN. The second-order valence-electron chi connectivity index (χ2n) is 2.62. The summed E-state index contributed by atoms with van der Waals surface area (Å²) in [5, 5.41) is 3.73. The molecule has 0 saturated carbocycles. The fourth-order valence-corrected chi connectivity index (χ4v) is 1.01. The van der Waals surface area contributed by atoms with Crippen LogP contribution in [0.15, 0.2) is 12.3 Å². The van der Waals surface area contributed by atoms with Gasteiger partial charge in [-0.25, -0.2) is 0 Å². The lowest BCUT2D eigenvalue weighted by Crippen LogP contribution is -2.19. The number of nitrogens with two attached hydrogens (primary N) is 1. The molecule has 0 bridgehead atoms. The molecule has 68 valence electrons. The van der Waals surface area contributed by atoms with Gasteiger partial charge < -0.3 is 5.73 Å². The number of aromatic nitrogens is 2. The first-order valence-electron chi connectivity index (χ1n) is 3.66. The molecule has 0 amide bonds. The molecule has 0 radical (unpaired) electrons. The van der Waals surface area contributed by atoms with Crippen LogP contribution in [0.2, 0.25) is 0 Å². The lowest BCUT2D eigenvalue weighted by atomic mass is 10.3. The molecule has 12 heavy (non-hydrogen) atoms. The van der Waals surface area contributed by atoms with Crippen LogP contribution in [0.5, 0.6) is 0 Å². The molecule has 1 aromatic rings. The van der Waals surface area contributed by atoms with Gasteiger partial charge in [0.1, 0.15) is 5.69 Å². The third kappa shape index (κ3) is 1.79. The van der Waals surface area contributed by atoms with Gasteiger partial charge in [-0.3, -0.25) is 4.68 Å². The zero-order valence-corrected chi connectivity index (χ0v) is 6.80. The maximum atomic E-state index is 12.8. The second-order valence-corrected chi connectivity index (χ2v) is 2.62. The van der Waals surface area contributed by atoms with E-state index in [0.717, 1.165) is 6.92 Å². The Morgan fingerprint density at radius 2 is 2.33 bits per heavy atom. The molecule has 3 nitrogen and oxygen atoms in total. The van der Waals surface area contributed by atoms with E-state index in [1.54, 1.807) is 0 Å². The molecule has 0 spiro atoms. The highest BCUT2D eigenvalue weighted by Gasteiger charge is 2.28. The van der Waals surface area contributed by atoms with Crippen LogP contribution in [0.1, 0.15) is 12.6 Å². The van der Waals surface area contributed by atoms with E-state index >= 15 is 0 Å². The van der Waals surface area contributed by atoms with Crippen molar-refractivity contribution in [3.8, 4) is 0 Å². The summed E-state index contributed by atoms with van der Waals surface area (Å²) in [5.41, 5.74) is 5.14. The summed E-state index contributed by atoms with van der Waals surface area (Å²) in [4.78, 5) is 0. The zero-order chi connectivity index (χ0) is 9.19. The average Bonchev–Trinajstić information content (AvgIpc) is 2.34. The summed E-state index contributed by atoms with van der Waals surface area (Å²) in [6.45, 7) is 1.48. The van der Waals surface area contributed by atoms with Crippen molar-refractivity contribution in [2.45, 2.75) is 19.4 Å². The highest BCUT2D eigenvalue weighted by atomic mass is 19.3. The van der Waals surface area contributed by atoms with E-state index in [4.69, 9.17) is 5.73 Å². The van der Waals surface area contributed by atoms with Crippen LogP contribution >= 0.6 is 0 Å². The molecule has 0 fully saturated rings. The topological polar surface area (TPSA) is 43.8 Å². The van der Waals surface area contributed by atoms with Gasteiger partial charge in [-0.05, 0) is 6.07 Å². The van der Waals surface area contributed by atoms with Gasteiger partial charge in [0.05, 0.1) is 6.54 Å². The molecule has 0 aliphatic carbocycles. The van der Waals surface area contributed by atoms with Crippen LogP contribution in [-0.2, 0) is 12.5 Å². The third-order valence-corrected chi connectivity index (χ3v) is 1.51. The quantitative estimate of drug-likeness (QED) is 0.743. The summed E-state index contributed by atoms with van der Waals surface area (Å²) in [7, 11) is 0. The molecule has 1 aromatic heterocycles. The van der Waals surface area contributed by atoms with Crippen LogP contribution < -0.4 is 5.73 Å². The van der Waals surface area contributed by atoms with Crippen molar-refractivity contribution in [2.75, 3.05) is 6.54 Å². The average molecular weight is 175 g/mol. The lowest BCUT2D eigenvalue weighted by Gasteiger charge is -2.11. The summed E-state index contributed by atoms with van der Waals surface area (Å²) in [6.07, 6.45) is 1.35. The maximum Gasteiger partial charge on any atom is 0.286 e. The molecule has 5 heteroatoms. The van der Waals surface area contributed by atoms with E-state index in [-0.39, 0.29) is 5.69 Å². The minimum Gasteiger partial charge on any atom is -0.329 e. The molecule has 0 unspecified atom stereocenters. The predicted octanol–water partition coefficient (Wildman–Crippen LogP) is 0.953. The Kier molecular flexibility index (Phi) is 2.42. The van der Waals surface area contributed by atoms with Gasteiger partial charge in [0.2, 0.25) is 0 Å². The van der Waals surface area contributed by atoms with Crippen molar-refractivity contribution in [3.63, 3.8) is 0 Å². The first-order chi connectivity index (χ1) is 5.55. The van der Waals surface area contributed by atoms with Gasteiger partial charge in [-0.15, -0.1) is 0 Å². The van der Waals surface area contributed by atoms with Crippen LogP contribution in [0.25, 0.3) is 0 Å². The van der Waals surface area contributed by atoms with Crippen LogP contribution in [0.3, 0.4) is 0 Å². The van der Waals surface area contributed by atoms with Gasteiger partial charge in [-0.2, -0.15) is 13.9 Å². The van der Waals surface area contributed by atoms with E-state index in [9.17, 15) is 8.78 Å². The molecule has 0 atom stereocenters. The summed E-state index contributed by atoms with van der Waals surface area (Å²) < 4.78 is 26.8. The van der Waals surface area contributed by atoms with Crippen molar-refractivity contribution in [1.29, 1.82) is 0 Å². The number of nitrogens with zero attached hydrogens (tertiary/aromatic N) is 2. The van der Waals surface area contributed by atoms with Crippen LogP contribution in [0, 0.1) is 0 Å². The van der Waals surface area contributed by atoms with Crippen molar-refractivity contribution < 1.29 is 8.78 Å². The largest absolute Gasteiger partial charge is 0.329 e. The molecule has 0 aromatic carbocycles. The molecule has 0 saturated heterocycles. The maximum absolute atomic E-state index is 12.8. The first-order valence-corrected chi connectivity index (χ1v) is 3.66. The number of hydrogen-bond acceptors (Lipinski definition) is 2. The van der Waals surface area contributed by atoms with Crippen LogP contribution in [-0.4, -0.2) is 16.3 Å². The van der Waals surface area contributed by atoms with Gasteiger partial charge >= 0.3 is 0 Å². The van der Waals surface area contributed by atoms with E-state index in [1.807, 2.05) is 0 Å². The van der Waals surface area contributed by atoms with Crippen molar-refractivity contribution in [3.05, 3.63) is 18.0 Å². The molecule has 2 N–H and O–H groups in total. The van der Waals surface area contributed by atoms with Gasteiger partial charge in [0, 0.05) is 19.7 Å². The predicted molar refractivity (Wildman–Crippen MR) is 40.8 cm³/mol. The minimum absolute atomic E-state index is 0.0899. The van der Waals surface area contributed by atoms with E-state index in [0.29, 0.717) is 13.1 Å². The van der Waals surface area contributed by atoms with E-state index in [2.05, 4.69) is 5.10 Å². The number of alkyl halides is 2. The highest BCUT2D eigenvalue weighted by Crippen LogP contribution is 2.25. The van der Waals surface area contributed by atoms with Gasteiger partial charge in [-0.1, -0.05) is 0 Å². The normalized spacial score (nSPS) is 12.0. The fourth-order valence-electron chi connectivity index (χ4n) is 1.01. The Morgan fingerprint density at radius 3 is 2.83 bits per heavy atom. The molecular weight excluding hydrogens is 164 g/mol. The van der Waals surface area contributed by atoms with E-state index < -0.39 is 5.92 Å². The van der Waals surface area contributed by atoms with Gasteiger partial charge in [0.15, 0.2) is 0 Å². The molecule has 1 rings (SSSR count). The summed E-state index contributed by atoms with van der Waals surface area (Å²) in [5.74, 6) is -2.84. The standard InChI is InChI=1S/C7H11F2N3/c1-7(8,9)6-2-4-11-12(6)5-3-10/h2,4H,3,5,10H2,1H3. The number of halogens is 2. The van der Waals surface area contributed by atoms with E-state index in [1.165, 1.54) is 16.9 Å². The Bertz CT molecular complexity index is 251. The van der Waals surface area contributed by atoms with Crippen molar-refractivity contribution in [2.24, 2.45) is 5.73 Å². The zero-order valence-electron chi connectivity index (χ0n) is 6.80. The number of hydrogen-bond donors (Lipinski definition) is 1. The molecular formula is C7H11F2N3. The Labute approximate surface area is 69.2 Å². The smallest absolute Gasteiger partial charge is 0.286 e. The molecule has 0 aliphatic heterocycles. The Balaban J connectivity index is 2.91. The Hall–Kier alpha value is -0.970. The monoisotopic (exact) mass is 175 g/mol. The molecule has 0 aliphatic rings. The van der Waals surface area contributed by atoms with Crippen molar-refractivity contribution >= 4 is 0 Å². The highest BCUT2D eigenvalue weighted by molar-refractivity contribution is 5.06. The molecule has 1 heterocycles. The number of rotatable bonds is 3. The lowest BCUT2D eigenvalue weighted by molar-refractivity contribution is 0.00786. The summed E-state index contributed by atoms with van der Waals surface area (Å²) in [6, 6.07) is 1.30. The minimum atomic E-state index is -2.84. The Morgan fingerprint density at radius 1 is 1.67 bits per heavy atom. The van der Waals surface area contributed by atoms with Gasteiger partial charge in [0.25, 0.3) is 5.92 Å². The van der Waals surface area contributed by atoms with Crippen LogP contribution in [0.4, 0.5) is 8.78 Å². The second kappa shape index (κ2) is 3.18. The van der Waals surface area contributed by atoms with Crippen molar-refractivity contribution in [1.82, 2.24) is 9.78 Å². The summed E-state index contributed by atoms with van der Waals surface area (Å²) >= 11 is 0. The fraction of sp³-hybridized carbons (Fsp3) is 0.571. The third-order valence-electron chi connectivity index (χ3n) is 1.51.